The first-order chi connectivity index (χ1) is 12.2. The highest BCUT2D eigenvalue weighted by atomic mass is 16.5. The Kier molecular flexibility index (Phi) is 7.65. The Morgan fingerprint density at radius 2 is 1.12 bits per heavy atom. The topological polar surface area (TPSA) is 27.7 Å². The summed E-state index contributed by atoms with van der Waals surface area (Å²) in [7, 11) is 3.40. The Balaban J connectivity index is 2.31. The van der Waals surface area contributed by atoms with Gasteiger partial charge in [0.25, 0.3) is 0 Å². The van der Waals surface area contributed by atoms with E-state index in [1.165, 1.54) is 11.1 Å². The molecule has 2 rings (SSSR count). The Labute approximate surface area is 151 Å². The standard InChI is InChI=1S/C22H30O3/c1-5-7-9-17-15-19(23-3)11-13-21(17)25-22-14-12-20(24-4)16-18(22)10-8-6-2/h11-16H,5-10H2,1-4H3. The van der Waals surface area contributed by atoms with Crippen molar-refractivity contribution in [3.8, 4) is 23.0 Å². The van der Waals surface area contributed by atoms with Crippen LogP contribution in [0, 0.1) is 0 Å². The predicted octanol–water partition coefficient (Wildman–Crippen LogP) is 6.18. The average molecular weight is 342 g/mol. The fraction of sp³-hybridized carbons (Fsp3) is 0.455. The number of ether oxygens (including phenoxy) is 3. The van der Waals surface area contributed by atoms with Crippen molar-refractivity contribution >= 4 is 0 Å². The smallest absolute Gasteiger partial charge is 0.130 e. The van der Waals surface area contributed by atoms with Crippen LogP contribution in [-0.2, 0) is 12.8 Å². The zero-order valence-corrected chi connectivity index (χ0v) is 15.9. The number of methoxy groups -OCH3 is 2. The monoisotopic (exact) mass is 342 g/mol. The van der Waals surface area contributed by atoms with Crippen molar-refractivity contribution in [1.82, 2.24) is 0 Å². The number of unbranched alkanes of at least 4 members (excludes halogenated alkanes) is 2. The highest BCUT2D eigenvalue weighted by Crippen LogP contribution is 2.34. The van der Waals surface area contributed by atoms with Gasteiger partial charge in [-0.05, 0) is 73.2 Å². The SMILES string of the molecule is CCCCc1cc(OC)ccc1Oc1ccc(OC)cc1CCCC. The van der Waals surface area contributed by atoms with Crippen LogP contribution in [0.2, 0.25) is 0 Å². The lowest BCUT2D eigenvalue weighted by molar-refractivity contribution is 0.408. The first-order valence-corrected chi connectivity index (χ1v) is 9.23. The second-order valence-corrected chi connectivity index (χ2v) is 6.26. The number of rotatable bonds is 10. The normalized spacial score (nSPS) is 10.6. The fourth-order valence-corrected chi connectivity index (χ4v) is 2.81. The van der Waals surface area contributed by atoms with Crippen LogP contribution in [0.3, 0.4) is 0 Å². The minimum Gasteiger partial charge on any atom is -0.497 e. The molecular weight excluding hydrogens is 312 g/mol. The van der Waals surface area contributed by atoms with Gasteiger partial charge < -0.3 is 14.2 Å². The van der Waals surface area contributed by atoms with Crippen LogP contribution in [0.25, 0.3) is 0 Å². The van der Waals surface area contributed by atoms with Crippen molar-refractivity contribution in [3.63, 3.8) is 0 Å². The van der Waals surface area contributed by atoms with Crippen LogP contribution in [0.1, 0.15) is 50.7 Å². The summed E-state index contributed by atoms with van der Waals surface area (Å²) in [4.78, 5) is 0. The molecule has 0 fully saturated rings. The lowest BCUT2D eigenvalue weighted by Crippen LogP contribution is -1.98. The maximum atomic E-state index is 6.32. The number of benzene rings is 2. The van der Waals surface area contributed by atoms with E-state index in [4.69, 9.17) is 14.2 Å². The maximum absolute atomic E-state index is 6.32. The molecule has 0 saturated heterocycles. The zero-order valence-electron chi connectivity index (χ0n) is 15.9. The fourth-order valence-electron chi connectivity index (χ4n) is 2.81. The van der Waals surface area contributed by atoms with Crippen LogP contribution < -0.4 is 14.2 Å². The zero-order chi connectivity index (χ0) is 18.1. The Bertz CT molecular complexity index is 607. The predicted molar refractivity (Wildman–Crippen MR) is 103 cm³/mol. The molecule has 0 amide bonds. The molecule has 2 aromatic rings. The molecule has 0 aliphatic heterocycles. The summed E-state index contributed by atoms with van der Waals surface area (Å²) in [6.45, 7) is 4.40. The van der Waals surface area contributed by atoms with Crippen molar-refractivity contribution < 1.29 is 14.2 Å². The minimum absolute atomic E-state index is 0.874. The number of aryl methyl sites for hydroxylation is 2. The summed E-state index contributed by atoms with van der Waals surface area (Å²) in [5, 5.41) is 0. The van der Waals surface area contributed by atoms with Crippen molar-refractivity contribution in [2.75, 3.05) is 14.2 Å². The van der Waals surface area contributed by atoms with E-state index in [2.05, 4.69) is 26.0 Å². The third-order valence-electron chi connectivity index (χ3n) is 4.35. The Morgan fingerprint density at radius 1 is 0.680 bits per heavy atom. The van der Waals surface area contributed by atoms with Gasteiger partial charge in [-0.25, -0.2) is 0 Å². The van der Waals surface area contributed by atoms with Gasteiger partial charge in [-0.1, -0.05) is 26.7 Å². The summed E-state index contributed by atoms with van der Waals surface area (Å²) in [6.07, 6.45) is 6.55. The molecule has 0 saturated carbocycles. The molecule has 0 atom stereocenters. The first-order valence-electron chi connectivity index (χ1n) is 9.23. The van der Waals surface area contributed by atoms with Crippen LogP contribution in [0.15, 0.2) is 36.4 Å². The molecule has 0 N–H and O–H groups in total. The summed E-state index contributed by atoms with van der Waals surface area (Å²) in [5.41, 5.74) is 2.39. The van der Waals surface area contributed by atoms with E-state index >= 15 is 0 Å². The molecule has 2 aromatic carbocycles. The van der Waals surface area contributed by atoms with Gasteiger partial charge in [-0.15, -0.1) is 0 Å². The van der Waals surface area contributed by atoms with Gasteiger partial charge in [-0.3, -0.25) is 0 Å². The second kappa shape index (κ2) is 9.97. The minimum atomic E-state index is 0.874. The molecule has 0 heterocycles. The number of hydrogen-bond donors (Lipinski definition) is 0. The summed E-state index contributed by atoms with van der Waals surface area (Å²) in [5.74, 6) is 3.58. The number of hydrogen-bond acceptors (Lipinski definition) is 3. The maximum Gasteiger partial charge on any atom is 0.130 e. The van der Waals surface area contributed by atoms with Gasteiger partial charge in [0.05, 0.1) is 14.2 Å². The van der Waals surface area contributed by atoms with Crippen LogP contribution in [0.4, 0.5) is 0 Å². The molecule has 0 aliphatic carbocycles. The van der Waals surface area contributed by atoms with Gasteiger partial charge in [0.15, 0.2) is 0 Å². The third-order valence-corrected chi connectivity index (χ3v) is 4.35. The molecule has 0 radical (unpaired) electrons. The summed E-state index contributed by atoms with van der Waals surface area (Å²) < 4.78 is 17.1. The van der Waals surface area contributed by atoms with E-state index in [1.54, 1.807) is 14.2 Å². The molecule has 3 nitrogen and oxygen atoms in total. The lowest BCUT2D eigenvalue weighted by atomic mass is 10.1. The van der Waals surface area contributed by atoms with Crippen molar-refractivity contribution in [2.45, 2.75) is 52.4 Å². The van der Waals surface area contributed by atoms with Crippen LogP contribution in [-0.4, -0.2) is 14.2 Å². The molecule has 0 unspecified atom stereocenters. The van der Waals surface area contributed by atoms with Crippen molar-refractivity contribution in [2.24, 2.45) is 0 Å². The van der Waals surface area contributed by atoms with Crippen LogP contribution >= 0.6 is 0 Å². The van der Waals surface area contributed by atoms with E-state index in [0.717, 1.165) is 61.5 Å². The molecule has 0 bridgehead atoms. The highest BCUT2D eigenvalue weighted by molar-refractivity contribution is 5.47. The molecule has 0 aliphatic rings. The molecule has 0 spiro atoms. The van der Waals surface area contributed by atoms with E-state index in [-0.39, 0.29) is 0 Å². The van der Waals surface area contributed by atoms with Gasteiger partial charge in [0.2, 0.25) is 0 Å². The van der Waals surface area contributed by atoms with Crippen LogP contribution in [0.5, 0.6) is 23.0 Å². The Morgan fingerprint density at radius 3 is 1.48 bits per heavy atom. The van der Waals surface area contributed by atoms with Gasteiger partial charge in [0.1, 0.15) is 23.0 Å². The van der Waals surface area contributed by atoms with Crippen molar-refractivity contribution in [1.29, 1.82) is 0 Å². The van der Waals surface area contributed by atoms with E-state index in [9.17, 15) is 0 Å². The lowest BCUT2D eigenvalue weighted by Gasteiger charge is -2.16. The molecule has 136 valence electrons. The van der Waals surface area contributed by atoms with E-state index in [1.807, 2.05) is 24.3 Å². The summed E-state index contributed by atoms with van der Waals surface area (Å²) in [6, 6.07) is 12.1. The molecule has 3 heteroatoms. The van der Waals surface area contributed by atoms with Gasteiger partial charge in [0, 0.05) is 0 Å². The Hall–Kier alpha value is -2.16. The molecule has 0 aromatic heterocycles. The first kappa shape index (κ1) is 19.2. The second-order valence-electron chi connectivity index (χ2n) is 6.26. The average Bonchev–Trinajstić information content (AvgIpc) is 2.66. The highest BCUT2D eigenvalue weighted by Gasteiger charge is 2.11. The quantitative estimate of drug-likeness (QED) is 0.516. The molecular formula is C22H30O3. The third kappa shape index (κ3) is 5.42. The van der Waals surface area contributed by atoms with Gasteiger partial charge >= 0.3 is 0 Å². The van der Waals surface area contributed by atoms with Crippen molar-refractivity contribution in [3.05, 3.63) is 47.5 Å². The van der Waals surface area contributed by atoms with E-state index < -0.39 is 0 Å². The van der Waals surface area contributed by atoms with Gasteiger partial charge in [-0.2, -0.15) is 0 Å². The summed E-state index contributed by atoms with van der Waals surface area (Å²) >= 11 is 0. The van der Waals surface area contributed by atoms with E-state index in [0.29, 0.717) is 0 Å². The molecule has 25 heavy (non-hydrogen) atoms. The largest absolute Gasteiger partial charge is 0.497 e.